The van der Waals surface area contributed by atoms with Crippen LogP contribution in [0.25, 0.3) is 44.5 Å². The lowest BCUT2D eigenvalue weighted by molar-refractivity contribution is 1.20. The maximum atomic E-state index is 5.85. The molecule has 0 unspecified atom stereocenters. The number of nitrogen functional groups attached to an aromatic ring is 1. The summed E-state index contributed by atoms with van der Waals surface area (Å²) in [6, 6.07) is 75.7. The van der Waals surface area contributed by atoms with E-state index in [1.165, 1.54) is 55.6 Å². The number of anilines is 1. The van der Waals surface area contributed by atoms with Crippen LogP contribution in [0.4, 0.5) is 5.69 Å². The molecule has 1 heteroatoms. The van der Waals surface area contributed by atoms with Gasteiger partial charge in [-0.15, -0.1) is 0 Å². The molecule has 0 aromatic heterocycles. The molecule has 8 aromatic rings. The van der Waals surface area contributed by atoms with E-state index in [2.05, 4.69) is 177 Å². The second-order valence-corrected chi connectivity index (χ2v) is 12.4. The van der Waals surface area contributed by atoms with E-state index in [9.17, 15) is 0 Å². The maximum Gasteiger partial charge on any atom is 0.0393 e. The summed E-state index contributed by atoms with van der Waals surface area (Å²) in [5, 5.41) is 0. The largest absolute Gasteiger partial charge is 0.398 e. The lowest BCUT2D eigenvalue weighted by atomic mass is 9.91. The molecule has 8 aromatic carbocycles. The highest BCUT2D eigenvalue weighted by Gasteiger charge is 2.09. The van der Waals surface area contributed by atoms with E-state index in [0.29, 0.717) is 0 Å². The number of rotatable bonds is 6. The highest BCUT2D eigenvalue weighted by Crippen LogP contribution is 2.30. The van der Waals surface area contributed by atoms with Crippen LogP contribution in [0.3, 0.4) is 0 Å². The Labute approximate surface area is 303 Å². The Morgan fingerprint density at radius 2 is 0.588 bits per heavy atom. The first-order valence-electron chi connectivity index (χ1n) is 17.4. The van der Waals surface area contributed by atoms with Gasteiger partial charge in [-0.1, -0.05) is 212 Å². The molecule has 0 atom stereocenters. The molecular formula is C50H43N. The van der Waals surface area contributed by atoms with Crippen molar-refractivity contribution in [3.63, 3.8) is 0 Å². The Kier molecular flexibility index (Phi) is 12.0. The summed E-state index contributed by atoms with van der Waals surface area (Å²) in [7, 11) is 0. The summed E-state index contributed by atoms with van der Waals surface area (Å²) in [5.74, 6) is 0. The predicted molar refractivity (Wildman–Crippen MR) is 219 cm³/mol. The van der Waals surface area contributed by atoms with E-state index in [1.54, 1.807) is 0 Å². The van der Waals surface area contributed by atoms with E-state index in [0.717, 1.165) is 17.7 Å². The quantitative estimate of drug-likeness (QED) is 0.177. The normalized spacial score (nSPS) is 10.2. The molecule has 0 radical (unpaired) electrons. The minimum Gasteiger partial charge on any atom is -0.398 e. The van der Waals surface area contributed by atoms with Crippen molar-refractivity contribution in [2.75, 3.05) is 5.73 Å². The van der Waals surface area contributed by atoms with Crippen molar-refractivity contribution in [2.24, 2.45) is 0 Å². The number of nitrogens with two attached hydrogens (primary N) is 1. The van der Waals surface area contributed by atoms with Crippen LogP contribution in [0.2, 0.25) is 0 Å². The smallest absolute Gasteiger partial charge is 0.0393 e. The van der Waals surface area contributed by atoms with E-state index >= 15 is 0 Å². The van der Waals surface area contributed by atoms with Crippen LogP contribution in [-0.4, -0.2) is 0 Å². The molecule has 0 saturated heterocycles. The van der Waals surface area contributed by atoms with Crippen molar-refractivity contribution in [1.82, 2.24) is 0 Å². The number of hydrogen-bond donors (Lipinski definition) is 1. The zero-order chi connectivity index (χ0) is 35.1. The van der Waals surface area contributed by atoms with Crippen molar-refractivity contribution in [2.45, 2.75) is 13.3 Å². The summed E-state index contributed by atoms with van der Waals surface area (Å²) in [4.78, 5) is 0. The average molecular weight is 658 g/mol. The number of para-hydroxylation sites is 1. The summed E-state index contributed by atoms with van der Waals surface area (Å²) in [5.41, 5.74) is 20.8. The van der Waals surface area contributed by atoms with Gasteiger partial charge in [-0.05, 0) is 75.0 Å². The minimum atomic E-state index is 0.828. The van der Waals surface area contributed by atoms with Crippen LogP contribution in [0.1, 0.15) is 16.7 Å². The average Bonchev–Trinajstić information content (AvgIpc) is 3.21. The third-order valence-electron chi connectivity index (χ3n) is 8.86. The lowest BCUT2D eigenvalue weighted by Crippen LogP contribution is -1.95. The van der Waals surface area contributed by atoms with Gasteiger partial charge in [0.1, 0.15) is 0 Å². The molecule has 248 valence electrons. The number of hydrogen-bond acceptors (Lipinski definition) is 1. The van der Waals surface area contributed by atoms with E-state index in [4.69, 9.17) is 5.73 Å². The van der Waals surface area contributed by atoms with Gasteiger partial charge in [-0.3, -0.25) is 0 Å². The van der Waals surface area contributed by atoms with Crippen LogP contribution >= 0.6 is 0 Å². The molecule has 0 aliphatic heterocycles. The molecular weight excluding hydrogens is 615 g/mol. The van der Waals surface area contributed by atoms with E-state index in [-0.39, 0.29) is 0 Å². The highest BCUT2D eigenvalue weighted by molar-refractivity contribution is 5.76. The second-order valence-electron chi connectivity index (χ2n) is 12.4. The lowest BCUT2D eigenvalue weighted by Gasteiger charge is -2.13. The maximum absolute atomic E-state index is 5.85. The Hall–Kier alpha value is -6.44. The molecule has 8 rings (SSSR count). The van der Waals surface area contributed by atoms with Crippen molar-refractivity contribution in [3.8, 4) is 44.5 Å². The van der Waals surface area contributed by atoms with Gasteiger partial charge in [-0.2, -0.15) is 0 Å². The fourth-order valence-electron chi connectivity index (χ4n) is 6.24. The van der Waals surface area contributed by atoms with Gasteiger partial charge in [0.2, 0.25) is 0 Å². The Morgan fingerprint density at radius 3 is 1.00 bits per heavy atom. The summed E-state index contributed by atoms with van der Waals surface area (Å²) in [6.45, 7) is 2.14. The Balaban J connectivity index is 0.000000145. The van der Waals surface area contributed by atoms with Gasteiger partial charge in [0.25, 0.3) is 0 Å². The summed E-state index contributed by atoms with van der Waals surface area (Å²) < 4.78 is 0. The van der Waals surface area contributed by atoms with Gasteiger partial charge in [-0.25, -0.2) is 0 Å². The standard InChI is InChI=1S/C25H20.C13H12.C12H11N/c1-3-11-20(12-4-1)24-17-9-7-15-22(24)19-23-16-8-10-18-25(23)21-13-5-2-6-14-21;1-11-7-5-6-10-13(11)12-8-3-2-4-9-12;13-12-9-5-4-8-11(12)10-6-2-1-3-7-10/h1-18H,19H2;2-10H,1H3;1-9H,13H2. The van der Waals surface area contributed by atoms with Gasteiger partial charge < -0.3 is 5.73 Å². The first kappa shape index (κ1) is 34.4. The Morgan fingerprint density at radius 1 is 0.294 bits per heavy atom. The second kappa shape index (κ2) is 17.8. The van der Waals surface area contributed by atoms with Gasteiger partial charge in [0.05, 0.1) is 0 Å². The molecule has 0 saturated carbocycles. The summed E-state index contributed by atoms with van der Waals surface area (Å²) in [6.07, 6.45) is 0.927. The van der Waals surface area contributed by atoms with E-state index in [1.807, 2.05) is 48.5 Å². The SMILES string of the molecule is Cc1ccccc1-c1ccccc1.Nc1ccccc1-c1ccccc1.c1ccc(-c2ccccc2Cc2ccccc2-c2ccccc2)cc1. The fraction of sp³-hybridized carbons (Fsp3) is 0.0400. The molecule has 0 bridgehead atoms. The molecule has 0 fully saturated rings. The monoisotopic (exact) mass is 657 g/mol. The van der Waals surface area contributed by atoms with Crippen LogP contribution in [-0.2, 0) is 6.42 Å². The predicted octanol–water partition coefficient (Wildman–Crippen LogP) is 13.2. The van der Waals surface area contributed by atoms with Crippen LogP contribution in [0.5, 0.6) is 0 Å². The van der Waals surface area contributed by atoms with Crippen molar-refractivity contribution in [1.29, 1.82) is 0 Å². The van der Waals surface area contributed by atoms with Crippen molar-refractivity contribution in [3.05, 3.63) is 235 Å². The zero-order valence-electron chi connectivity index (χ0n) is 29.1. The Bertz CT molecular complexity index is 2060. The van der Waals surface area contributed by atoms with Crippen LogP contribution < -0.4 is 5.73 Å². The molecule has 1 nitrogen and oxygen atoms in total. The van der Waals surface area contributed by atoms with Crippen LogP contribution in [0, 0.1) is 6.92 Å². The number of benzene rings is 8. The third-order valence-corrected chi connectivity index (χ3v) is 8.86. The van der Waals surface area contributed by atoms with Gasteiger partial charge in [0.15, 0.2) is 0 Å². The first-order valence-corrected chi connectivity index (χ1v) is 17.4. The van der Waals surface area contributed by atoms with Crippen molar-refractivity contribution < 1.29 is 0 Å². The third kappa shape index (κ3) is 9.38. The molecule has 51 heavy (non-hydrogen) atoms. The molecule has 0 spiro atoms. The molecule has 0 heterocycles. The molecule has 0 amide bonds. The molecule has 2 N–H and O–H groups in total. The molecule has 0 aliphatic rings. The van der Waals surface area contributed by atoms with Crippen molar-refractivity contribution >= 4 is 5.69 Å². The summed E-state index contributed by atoms with van der Waals surface area (Å²) >= 11 is 0. The topological polar surface area (TPSA) is 26.0 Å². The van der Waals surface area contributed by atoms with E-state index < -0.39 is 0 Å². The zero-order valence-corrected chi connectivity index (χ0v) is 29.1. The van der Waals surface area contributed by atoms with Gasteiger partial charge in [0, 0.05) is 11.3 Å². The number of aryl methyl sites for hydroxylation is 1. The van der Waals surface area contributed by atoms with Crippen LogP contribution in [0.15, 0.2) is 218 Å². The van der Waals surface area contributed by atoms with Gasteiger partial charge >= 0.3 is 0 Å². The minimum absolute atomic E-state index is 0.828. The highest BCUT2D eigenvalue weighted by atomic mass is 14.6. The molecule has 0 aliphatic carbocycles. The fourth-order valence-corrected chi connectivity index (χ4v) is 6.24. The first-order chi connectivity index (χ1) is 25.2.